The highest BCUT2D eigenvalue weighted by molar-refractivity contribution is 14.1. The molecule has 0 saturated carbocycles. The Hall–Kier alpha value is -1.50. The van der Waals surface area contributed by atoms with Gasteiger partial charge in [0.25, 0.3) is 5.91 Å². The number of benzene rings is 2. The Morgan fingerprint density at radius 3 is 2.28 bits per heavy atom. The van der Waals surface area contributed by atoms with E-state index >= 15 is 0 Å². The van der Waals surface area contributed by atoms with Gasteiger partial charge >= 0.3 is 0 Å². The van der Waals surface area contributed by atoms with Crippen LogP contribution < -0.4 is 5.32 Å². The molecule has 0 aliphatic heterocycles. The van der Waals surface area contributed by atoms with Crippen LogP contribution in [0, 0.1) is 15.2 Å². The largest absolute Gasteiger partial charge is 0.321 e. The summed E-state index contributed by atoms with van der Waals surface area (Å²) in [6, 6.07) is 9.85. The maximum atomic E-state index is 13.0. The third-order valence-electron chi connectivity index (χ3n) is 2.25. The molecule has 5 heteroatoms. The summed E-state index contributed by atoms with van der Waals surface area (Å²) in [7, 11) is 0. The number of rotatable bonds is 2. The standard InChI is InChI=1S/C13H8F2INO/c14-9-5-8(6-10(15)7-9)13(18)17-12-4-2-1-3-11(12)16/h1-7H,(H,17,18). The van der Waals surface area contributed by atoms with E-state index in [-0.39, 0.29) is 5.56 Å². The zero-order valence-electron chi connectivity index (χ0n) is 9.08. The van der Waals surface area contributed by atoms with Gasteiger partial charge in [0.05, 0.1) is 5.69 Å². The van der Waals surface area contributed by atoms with Gasteiger partial charge in [-0.1, -0.05) is 12.1 Å². The van der Waals surface area contributed by atoms with Crippen LogP contribution in [0.1, 0.15) is 10.4 Å². The first-order valence-corrected chi connectivity index (χ1v) is 6.16. The molecular weight excluding hydrogens is 351 g/mol. The van der Waals surface area contributed by atoms with E-state index in [1.165, 1.54) is 0 Å². The van der Waals surface area contributed by atoms with Crippen LogP contribution in [0.5, 0.6) is 0 Å². The van der Waals surface area contributed by atoms with Gasteiger partial charge in [-0.15, -0.1) is 0 Å². The Bertz CT molecular complexity index is 581. The number of para-hydroxylation sites is 1. The van der Waals surface area contributed by atoms with Gasteiger partial charge in [0.2, 0.25) is 0 Å². The fraction of sp³-hybridized carbons (Fsp3) is 0. The molecule has 0 aliphatic rings. The molecule has 0 unspecified atom stereocenters. The molecule has 0 aliphatic carbocycles. The summed E-state index contributed by atoms with van der Waals surface area (Å²) in [5.74, 6) is -2.09. The van der Waals surface area contributed by atoms with Gasteiger partial charge in [-0.2, -0.15) is 0 Å². The molecule has 0 saturated heterocycles. The summed E-state index contributed by atoms with van der Waals surface area (Å²) < 4.78 is 26.8. The topological polar surface area (TPSA) is 29.1 Å². The normalized spacial score (nSPS) is 10.2. The molecule has 2 nitrogen and oxygen atoms in total. The number of carbonyl (C=O) groups is 1. The monoisotopic (exact) mass is 359 g/mol. The Kier molecular flexibility index (Phi) is 3.90. The van der Waals surface area contributed by atoms with E-state index in [1.807, 2.05) is 12.1 Å². The zero-order valence-corrected chi connectivity index (χ0v) is 11.2. The molecular formula is C13H8F2INO. The molecule has 92 valence electrons. The van der Waals surface area contributed by atoms with Gasteiger partial charge in [-0.25, -0.2) is 8.78 Å². The average molecular weight is 359 g/mol. The van der Waals surface area contributed by atoms with Crippen molar-refractivity contribution in [1.29, 1.82) is 0 Å². The van der Waals surface area contributed by atoms with Gasteiger partial charge in [0, 0.05) is 15.2 Å². The van der Waals surface area contributed by atoms with Crippen molar-refractivity contribution in [2.75, 3.05) is 5.32 Å². The Balaban J connectivity index is 2.25. The van der Waals surface area contributed by atoms with Crippen LogP contribution in [-0.2, 0) is 0 Å². The van der Waals surface area contributed by atoms with Gasteiger partial charge in [-0.3, -0.25) is 4.79 Å². The Morgan fingerprint density at radius 2 is 1.67 bits per heavy atom. The fourth-order valence-corrected chi connectivity index (χ4v) is 1.96. The van der Waals surface area contributed by atoms with Gasteiger partial charge in [-0.05, 0) is 46.9 Å². The summed E-state index contributed by atoms with van der Waals surface area (Å²) in [5, 5.41) is 2.60. The SMILES string of the molecule is O=C(Nc1ccccc1I)c1cc(F)cc(F)c1. The lowest BCUT2D eigenvalue weighted by Crippen LogP contribution is -2.13. The van der Waals surface area contributed by atoms with E-state index in [2.05, 4.69) is 27.9 Å². The van der Waals surface area contributed by atoms with Crippen LogP contribution >= 0.6 is 22.6 Å². The van der Waals surface area contributed by atoms with Crippen molar-refractivity contribution in [2.24, 2.45) is 0 Å². The third-order valence-corrected chi connectivity index (χ3v) is 3.19. The van der Waals surface area contributed by atoms with Crippen LogP contribution in [0.2, 0.25) is 0 Å². The molecule has 0 radical (unpaired) electrons. The van der Waals surface area contributed by atoms with Crippen molar-refractivity contribution in [3.8, 4) is 0 Å². The molecule has 0 atom stereocenters. The van der Waals surface area contributed by atoms with E-state index in [9.17, 15) is 13.6 Å². The van der Waals surface area contributed by atoms with Crippen molar-refractivity contribution >= 4 is 34.2 Å². The molecule has 2 rings (SSSR count). The fourth-order valence-electron chi connectivity index (χ4n) is 1.44. The van der Waals surface area contributed by atoms with Crippen LogP contribution in [0.15, 0.2) is 42.5 Å². The summed E-state index contributed by atoms with van der Waals surface area (Å²) in [5.41, 5.74) is 0.555. The minimum absolute atomic E-state index is 0.0489. The molecule has 2 aromatic rings. The number of nitrogens with one attached hydrogen (secondary N) is 1. The van der Waals surface area contributed by atoms with E-state index in [0.717, 1.165) is 21.8 Å². The number of anilines is 1. The van der Waals surface area contributed by atoms with Crippen molar-refractivity contribution < 1.29 is 13.6 Å². The second-order valence-corrected chi connectivity index (χ2v) is 4.75. The maximum Gasteiger partial charge on any atom is 0.255 e. The first-order valence-electron chi connectivity index (χ1n) is 5.08. The lowest BCUT2D eigenvalue weighted by atomic mass is 10.2. The molecule has 2 aromatic carbocycles. The molecule has 0 bridgehead atoms. The van der Waals surface area contributed by atoms with E-state index in [0.29, 0.717) is 5.69 Å². The minimum Gasteiger partial charge on any atom is -0.321 e. The second kappa shape index (κ2) is 5.43. The number of amides is 1. The first-order chi connectivity index (χ1) is 8.56. The van der Waals surface area contributed by atoms with Gasteiger partial charge in [0.15, 0.2) is 0 Å². The summed E-state index contributed by atoms with van der Waals surface area (Å²) in [6.45, 7) is 0. The number of hydrogen-bond donors (Lipinski definition) is 1. The van der Waals surface area contributed by atoms with E-state index < -0.39 is 17.5 Å². The minimum atomic E-state index is -0.775. The number of carbonyl (C=O) groups excluding carboxylic acids is 1. The summed E-state index contributed by atoms with van der Waals surface area (Å²) in [6.07, 6.45) is 0. The molecule has 0 heterocycles. The van der Waals surface area contributed by atoms with Crippen LogP contribution in [0.4, 0.5) is 14.5 Å². The highest BCUT2D eigenvalue weighted by atomic mass is 127. The van der Waals surface area contributed by atoms with Crippen LogP contribution in [0.25, 0.3) is 0 Å². The summed E-state index contributed by atoms with van der Waals surface area (Å²) >= 11 is 2.06. The molecule has 0 spiro atoms. The van der Waals surface area contributed by atoms with E-state index in [4.69, 9.17) is 0 Å². The smallest absolute Gasteiger partial charge is 0.255 e. The molecule has 1 N–H and O–H groups in total. The van der Waals surface area contributed by atoms with Crippen LogP contribution in [-0.4, -0.2) is 5.91 Å². The lowest BCUT2D eigenvalue weighted by Gasteiger charge is -2.07. The van der Waals surface area contributed by atoms with Crippen molar-refractivity contribution in [1.82, 2.24) is 0 Å². The number of halogens is 3. The zero-order chi connectivity index (χ0) is 13.1. The van der Waals surface area contributed by atoms with E-state index in [1.54, 1.807) is 12.1 Å². The highest BCUT2D eigenvalue weighted by Gasteiger charge is 2.10. The predicted octanol–water partition coefficient (Wildman–Crippen LogP) is 3.82. The molecule has 0 fully saturated rings. The Labute approximate surface area is 116 Å². The lowest BCUT2D eigenvalue weighted by molar-refractivity contribution is 0.102. The second-order valence-electron chi connectivity index (χ2n) is 3.59. The molecule has 0 aromatic heterocycles. The molecule has 18 heavy (non-hydrogen) atoms. The predicted molar refractivity (Wildman–Crippen MR) is 73.5 cm³/mol. The first kappa shape index (κ1) is 12.9. The average Bonchev–Trinajstić information content (AvgIpc) is 2.31. The quantitative estimate of drug-likeness (QED) is 0.812. The molecule has 1 amide bonds. The highest BCUT2D eigenvalue weighted by Crippen LogP contribution is 2.18. The maximum absolute atomic E-state index is 13.0. The Morgan fingerprint density at radius 1 is 1.06 bits per heavy atom. The third kappa shape index (κ3) is 3.04. The van der Waals surface area contributed by atoms with Gasteiger partial charge < -0.3 is 5.32 Å². The van der Waals surface area contributed by atoms with Gasteiger partial charge in [0.1, 0.15) is 11.6 Å². The van der Waals surface area contributed by atoms with Crippen LogP contribution in [0.3, 0.4) is 0 Å². The summed E-state index contributed by atoms with van der Waals surface area (Å²) in [4.78, 5) is 11.8. The van der Waals surface area contributed by atoms with Crippen molar-refractivity contribution in [2.45, 2.75) is 0 Å². The number of hydrogen-bond acceptors (Lipinski definition) is 1. The van der Waals surface area contributed by atoms with Crippen molar-refractivity contribution in [3.63, 3.8) is 0 Å². The van der Waals surface area contributed by atoms with Crippen molar-refractivity contribution in [3.05, 3.63) is 63.2 Å².